The van der Waals surface area contributed by atoms with Crippen molar-refractivity contribution in [1.29, 1.82) is 0 Å². The molecular weight excluding hydrogens is 252 g/mol. The van der Waals surface area contributed by atoms with Crippen LogP contribution in [-0.4, -0.2) is 23.1 Å². The molecule has 0 unspecified atom stereocenters. The number of carbonyl (C=O) groups is 1. The zero-order chi connectivity index (χ0) is 14.7. The van der Waals surface area contributed by atoms with Crippen LogP contribution in [0.5, 0.6) is 0 Å². The number of pyridine rings is 1. The van der Waals surface area contributed by atoms with Gasteiger partial charge in [-0.15, -0.1) is 0 Å². The molecule has 0 radical (unpaired) electrons. The molecule has 0 fully saturated rings. The van der Waals surface area contributed by atoms with E-state index >= 15 is 0 Å². The van der Waals surface area contributed by atoms with E-state index in [1.165, 1.54) is 11.1 Å². The Hall–Kier alpha value is -2.36. The highest BCUT2D eigenvalue weighted by Gasteiger charge is 2.10. The van der Waals surface area contributed by atoms with Gasteiger partial charge in [-0.1, -0.05) is 29.8 Å². The second-order valence-corrected chi connectivity index (χ2v) is 4.95. The number of hydrogen-bond donors (Lipinski definition) is 1. The molecule has 0 atom stereocenters. The lowest BCUT2D eigenvalue weighted by atomic mass is 10.1. The Morgan fingerprint density at radius 2 is 1.80 bits per heavy atom. The quantitative estimate of drug-likeness (QED) is 0.927. The number of hydrogen-bond acceptors (Lipinski definition) is 3. The largest absolute Gasteiger partial charge is 0.478 e. The summed E-state index contributed by atoms with van der Waals surface area (Å²) in [4.78, 5) is 17.3. The molecule has 0 spiro atoms. The van der Waals surface area contributed by atoms with E-state index in [0.717, 1.165) is 12.4 Å². The topological polar surface area (TPSA) is 53.4 Å². The van der Waals surface area contributed by atoms with Gasteiger partial charge in [0.25, 0.3) is 0 Å². The molecule has 0 amide bonds. The predicted molar refractivity (Wildman–Crippen MR) is 79.2 cm³/mol. The summed E-state index contributed by atoms with van der Waals surface area (Å²) in [5, 5.41) is 9.00. The minimum Gasteiger partial charge on any atom is -0.478 e. The lowest BCUT2D eigenvalue weighted by molar-refractivity contribution is 0.0695. The van der Waals surface area contributed by atoms with E-state index in [4.69, 9.17) is 5.11 Å². The zero-order valence-corrected chi connectivity index (χ0v) is 11.9. The Kier molecular flexibility index (Phi) is 4.03. The molecule has 2 aromatic rings. The summed E-state index contributed by atoms with van der Waals surface area (Å²) in [6, 6.07) is 11.7. The number of aryl methyl sites for hydroxylation is 2. The number of anilines is 1. The highest BCUT2D eigenvalue weighted by molar-refractivity contribution is 5.89. The van der Waals surface area contributed by atoms with Crippen molar-refractivity contribution < 1.29 is 9.90 Å². The first-order chi connectivity index (χ1) is 9.47. The Morgan fingerprint density at radius 3 is 2.35 bits per heavy atom. The Balaban J connectivity index is 2.17. The summed E-state index contributed by atoms with van der Waals surface area (Å²) < 4.78 is 0. The molecule has 104 valence electrons. The van der Waals surface area contributed by atoms with E-state index in [-0.39, 0.29) is 5.56 Å². The molecule has 2 rings (SSSR count). The lowest BCUT2D eigenvalue weighted by Gasteiger charge is -2.19. The average Bonchev–Trinajstić information content (AvgIpc) is 2.40. The van der Waals surface area contributed by atoms with Crippen LogP contribution in [0.4, 0.5) is 5.82 Å². The normalized spacial score (nSPS) is 10.3. The first-order valence-corrected chi connectivity index (χ1v) is 6.45. The first-order valence-electron chi connectivity index (χ1n) is 6.45. The number of rotatable bonds is 4. The van der Waals surface area contributed by atoms with Crippen LogP contribution in [0.15, 0.2) is 36.4 Å². The van der Waals surface area contributed by atoms with Crippen LogP contribution in [0.2, 0.25) is 0 Å². The van der Waals surface area contributed by atoms with Gasteiger partial charge in [0, 0.05) is 13.6 Å². The van der Waals surface area contributed by atoms with Gasteiger partial charge < -0.3 is 10.0 Å². The zero-order valence-electron chi connectivity index (χ0n) is 11.9. The van der Waals surface area contributed by atoms with Gasteiger partial charge in [0.2, 0.25) is 0 Å². The summed E-state index contributed by atoms with van der Waals surface area (Å²) >= 11 is 0. The van der Waals surface area contributed by atoms with Crippen molar-refractivity contribution in [3.8, 4) is 0 Å². The molecule has 0 aliphatic rings. The Labute approximate surface area is 118 Å². The van der Waals surface area contributed by atoms with Crippen LogP contribution in [0, 0.1) is 13.8 Å². The molecule has 1 heterocycles. The molecule has 4 nitrogen and oxygen atoms in total. The van der Waals surface area contributed by atoms with Gasteiger partial charge in [-0.2, -0.15) is 0 Å². The molecule has 1 aromatic carbocycles. The third-order valence-corrected chi connectivity index (χ3v) is 3.23. The van der Waals surface area contributed by atoms with Gasteiger partial charge in [-0.05, 0) is 31.5 Å². The van der Waals surface area contributed by atoms with E-state index in [1.807, 2.05) is 11.9 Å². The number of carboxylic acid groups (broad SMARTS) is 1. The maximum Gasteiger partial charge on any atom is 0.337 e. The fraction of sp³-hybridized carbons (Fsp3) is 0.250. The second-order valence-electron chi connectivity index (χ2n) is 4.95. The maximum atomic E-state index is 11.0. The number of benzene rings is 1. The minimum atomic E-state index is -0.942. The summed E-state index contributed by atoms with van der Waals surface area (Å²) in [6.45, 7) is 4.51. The van der Waals surface area contributed by atoms with E-state index in [1.54, 1.807) is 19.1 Å². The molecule has 4 heteroatoms. The fourth-order valence-electron chi connectivity index (χ4n) is 2.03. The number of aromatic carboxylic acids is 1. The van der Waals surface area contributed by atoms with E-state index in [9.17, 15) is 4.79 Å². The van der Waals surface area contributed by atoms with Gasteiger partial charge in [-0.25, -0.2) is 9.78 Å². The molecule has 0 aliphatic heterocycles. The molecule has 1 N–H and O–H groups in total. The van der Waals surface area contributed by atoms with Gasteiger partial charge in [0.15, 0.2) is 0 Å². The summed E-state index contributed by atoms with van der Waals surface area (Å²) in [5.41, 5.74) is 3.21. The van der Waals surface area contributed by atoms with E-state index in [2.05, 4.69) is 36.2 Å². The van der Waals surface area contributed by atoms with Crippen LogP contribution in [0.25, 0.3) is 0 Å². The van der Waals surface area contributed by atoms with Crippen molar-refractivity contribution in [2.45, 2.75) is 20.4 Å². The second kappa shape index (κ2) is 5.74. The van der Waals surface area contributed by atoms with Crippen LogP contribution < -0.4 is 4.90 Å². The number of aromatic nitrogens is 1. The van der Waals surface area contributed by atoms with Gasteiger partial charge >= 0.3 is 5.97 Å². The van der Waals surface area contributed by atoms with Crippen molar-refractivity contribution >= 4 is 11.8 Å². The molecule has 20 heavy (non-hydrogen) atoms. The Morgan fingerprint density at radius 1 is 1.15 bits per heavy atom. The van der Waals surface area contributed by atoms with Crippen LogP contribution in [0.3, 0.4) is 0 Å². The summed E-state index contributed by atoms with van der Waals surface area (Å²) in [5.74, 6) is -0.171. The monoisotopic (exact) mass is 270 g/mol. The van der Waals surface area contributed by atoms with Gasteiger partial charge in [0.05, 0.1) is 11.3 Å². The fourth-order valence-corrected chi connectivity index (χ4v) is 2.03. The maximum absolute atomic E-state index is 11.0. The van der Waals surface area contributed by atoms with Gasteiger partial charge in [-0.3, -0.25) is 0 Å². The van der Waals surface area contributed by atoms with Crippen molar-refractivity contribution in [2.24, 2.45) is 0 Å². The average molecular weight is 270 g/mol. The first kappa shape index (κ1) is 14.1. The van der Waals surface area contributed by atoms with E-state index in [0.29, 0.717) is 5.69 Å². The SMILES string of the molecule is Cc1ccc(CN(C)c2ccc(C(=O)O)c(C)n2)cc1. The van der Waals surface area contributed by atoms with Crippen LogP contribution in [-0.2, 0) is 6.54 Å². The molecule has 0 aliphatic carbocycles. The third-order valence-electron chi connectivity index (χ3n) is 3.23. The molecule has 1 aromatic heterocycles. The standard InChI is InChI=1S/C16H18N2O2/c1-11-4-6-13(7-5-11)10-18(3)15-9-8-14(16(19)20)12(2)17-15/h4-9H,10H2,1-3H3,(H,19,20). The smallest absolute Gasteiger partial charge is 0.337 e. The predicted octanol–water partition coefficient (Wildman–Crippen LogP) is 3.03. The highest BCUT2D eigenvalue weighted by atomic mass is 16.4. The minimum absolute atomic E-state index is 0.248. The van der Waals surface area contributed by atoms with Crippen LogP contribution >= 0.6 is 0 Å². The van der Waals surface area contributed by atoms with E-state index < -0.39 is 5.97 Å². The molecule has 0 saturated heterocycles. The van der Waals surface area contributed by atoms with Gasteiger partial charge in [0.1, 0.15) is 5.82 Å². The summed E-state index contributed by atoms with van der Waals surface area (Å²) in [7, 11) is 1.95. The van der Waals surface area contributed by atoms with Crippen molar-refractivity contribution in [3.63, 3.8) is 0 Å². The Bertz CT molecular complexity index is 621. The number of nitrogens with zero attached hydrogens (tertiary/aromatic N) is 2. The highest BCUT2D eigenvalue weighted by Crippen LogP contribution is 2.16. The van der Waals surface area contributed by atoms with Crippen LogP contribution in [0.1, 0.15) is 27.2 Å². The van der Waals surface area contributed by atoms with Crippen molar-refractivity contribution in [1.82, 2.24) is 4.98 Å². The summed E-state index contributed by atoms with van der Waals surface area (Å²) in [6.07, 6.45) is 0. The molecular formula is C16H18N2O2. The molecule has 0 bridgehead atoms. The van der Waals surface area contributed by atoms with Crippen molar-refractivity contribution in [3.05, 3.63) is 58.8 Å². The number of carboxylic acids is 1. The lowest BCUT2D eigenvalue weighted by Crippen LogP contribution is -2.18. The third kappa shape index (κ3) is 3.15. The van der Waals surface area contributed by atoms with Crippen molar-refractivity contribution in [2.75, 3.05) is 11.9 Å². The molecule has 0 saturated carbocycles.